The average molecular weight is 292 g/mol. The molecule has 2 heteroatoms. The van der Waals surface area contributed by atoms with Gasteiger partial charge < -0.3 is 5.32 Å². The molecule has 0 saturated heterocycles. The SMILES string of the molecule is CC(NCCCBr)c1cccc2ccccc12. The van der Waals surface area contributed by atoms with E-state index in [-0.39, 0.29) is 0 Å². The van der Waals surface area contributed by atoms with E-state index < -0.39 is 0 Å². The molecule has 0 aromatic heterocycles. The highest BCUT2D eigenvalue weighted by molar-refractivity contribution is 9.09. The summed E-state index contributed by atoms with van der Waals surface area (Å²) in [5.41, 5.74) is 1.39. The fourth-order valence-corrected chi connectivity index (χ4v) is 2.40. The van der Waals surface area contributed by atoms with Crippen molar-refractivity contribution in [1.82, 2.24) is 5.32 Å². The second-order valence-electron chi connectivity index (χ2n) is 4.29. The van der Waals surface area contributed by atoms with Gasteiger partial charge in [-0.05, 0) is 36.2 Å². The van der Waals surface area contributed by atoms with Crippen LogP contribution in [0, 0.1) is 0 Å². The first-order valence-electron chi connectivity index (χ1n) is 6.10. The molecule has 90 valence electrons. The van der Waals surface area contributed by atoms with Crippen LogP contribution in [0.3, 0.4) is 0 Å². The van der Waals surface area contributed by atoms with Crippen molar-refractivity contribution in [3.05, 3.63) is 48.0 Å². The number of rotatable bonds is 5. The third-order valence-corrected chi connectivity index (χ3v) is 3.61. The van der Waals surface area contributed by atoms with E-state index in [4.69, 9.17) is 0 Å². The summed E-state index contributed by atoms with van der Waals surface area (Å²) in [7, 11) is 0. The van der Waals surface area contributed by atoms with Crippen molar-refractivity contribution >= 4 is 26.7 Å². The lowest BCUT2D eigenvalue weighted by molar-refractivity contribution is 0.576. The Balaban J connectivity index is 2.22. The van der Waals surface area contributed by atoms with E-state index in [2.05, 4.69) is 70.6 Å². The molecule has 0 amide bonds. The lowest BCUT2D eigenvalue weighted by Gasteiger charge is -2.16. The summed E-state index contributed by atoms with van der Waals surface area (Å²) < 4.78 is 0. The molecule has 1 unspecified atom stereocenters. The lowest BCUT2D eigenvalue weighted by atomic mass is 10.00. The van der Waals surface area contributed by atoms with E-state index in [1.807, 2.05) is 0 Å². The van der Waals surface area contributed by atoms with E-state index in [1.165, 1.54) is 16.3 Å². The zero-order valence-corrected chi connectivity index (χ0v) is 11.7. The summed E-state index contributed by atoms with van der Waals surface area (Å²) in [6.07, 6.45) is 1.16. The number of nitrogens with one attached hydrogen (secondary N) is 1. The predicted molar refractivity (Wildman–Crippen MR) is 78.8 cm³/mol. The monoisotopic (exact) mass is 291 g/mol. The Labute approximate surface area is 111 Å². The third kappa shape index (κ3) is 3.08. The molecular weight excluding hydrogens is 274 g/mol. The van der Waals surface area contributed by atoms with E-state index >= 15 is 0 Å². The van der Waals surface area contributed by atoms with Gasteiger partial charge in [-0.1, -0.05) is 58.4 Å². The zero-order valence-electron chi connectivity index (χ0n) is 10.1. The highest BCUT2D eigenvalue weighted by Crippen LogP contribution is 2.23. The van der Waals surface area contributed by atoms with Gasteiger partial charge >= 0.3 is 0 Å². The number of hydrogen-bond acceptors (Lipinski definition) is 1. The molecule has 0 aliphatic heterocycles. The maximum Gasteiger partial charge on any atom is 0.0297 e. The minimum Gasteiger partial charge on any atom is -0.310 e. The van der Waals surface area contributed by atoms with Crippen molar-refractivity contribution in [3.63, 3.8) is 0 Å². The Kier molecular flexibility index (Phi) is 4.57. The molecule has 0 spiro atoms. The molecule has 0 bridgehead atoms. The Morgan fingerprint density at radius 2 is 1.88 bits per heavy atom. The summed E-state index contributed by atoms with van der Waals surface area (Å²) >= 11 is 3.46. The van der Waals surface area contributed by atoms with Crippen LogP contribution in [0.4, 0.5) is 0 Å². The predicted octanol–water partition coefficient (Wildman–Crippen LogP) is 4.28. The molecule has 1 atom stereocenters. The highest BCUT2D eigenvalue weighted by Gasteiger charge is 2.07. The minimum absolute atomic E-state index is 0.403. The number of hydrogen-bond donors (Lipinski definition) is 1. The summed E-state index contributed by atoms with van der Waals surface area (Å²) in [6.45, 7) is 3.28. The molecule has 0 heterocycles. The summed E-state index contributed by atoms with van der Waals surface area (Å²) in [5.74, 6) is 0. The number of fused-ring (bicyclic) bond motifs is 1. The molecule has 0 saturated carbocycles. The van der Waals surface area contributed by atoms with Crippen LogP contribution in [-0.2, 0) is 0 Å². The maximum atomic E-state index is 3.56. The van der Waals surface area contributed by atoms with Gasteiger partial charge in [0.2, 0.25) is 0 Å². The molecule has 0 radical (unpaired) electrons. The second-order valence-corrected chi connectivity index (χ2v) is 5.08. The van der Waals surface area contributed by atoms with Crippen LogP contribution in [-0.4, -0.2) is 11.9 Å². The van der Waals surface area contributed by atoms with Gasteiger partial charge in [-0.3, -0.25) is 0 Å². The van der Waals surface area contributed by atoms with Crippen LogP contribution in [0.5, 0.6) is 0 Å². The van der Waals surface area contributed by atoms with Gasteiger partial charge in [0.25, 0.3) is 0 Å². The van der Waals surface area contributed by atoms with Crippen molar-refractivity contribution < 1.29 is 0 Å². The maximum absolute atomic E-state index is 3.56. The minimum atomic E-state index is 0.403. The van der Waals surface area contributed by atoms with E-state index in [9.17, 15) is 0 Å². The van der Waals surface area contributed by atoms with Gasteiger partial charge in [0.05, 0.1) is 0 Å². The molecule has 17 heavy (non-hydrogen) atoms. The molecule has 2 rings (SSSR count). The van der Waals surface area contributed by atoms with Crippen molar-refractivity contribution in [3.8, 4) is 0 Å². The third-order valence-electron chi connectivity index (χ3n) is 3.05. The van der Waals surface area contributed by atoms with Gasteiger partial charge in [-0.25, -0.2) is 0 Å². The fraction of sp³-hybridized carbons (Fsp3) is 0.333. The van der Waals surface area contributed by atoms with E-state index in [1.54, 1.807) is 0 Å². The second kappa shape index (κ2) is 6.18. The van der Waals surface area contributed by atoms with Crippen LogP contribution in [0.1, 0.15) is 24.9 Å². The van der Waals surface area contributed by atoms with Crippen molar-refractivity contribution in [2.75, 3.05) is 11.9 Å². The summed E-state index contributed by atoms with van der Waals surface area (Å²) in [5, 5.41) is 7.29. The molecule has 0 aliphatic rings. The van der Waals surface area contributed by atoms with E-state index in [0.29, 0.717) is 6.04 Å². The first-order chi connectivity index (χ1) is 8.33. The van der Waals surface area contributed by atoms with E-state index in [0.717, 1.165) is 18.3 Å². The number of benzene rings is 2. The quantitative estimate of drug-likeness (QED) is 0.641. The zero-order chi connectivity index (χ0) is 12.1. The van der Waals surface area contributed by atoms with Crippen LogP contribution < -0.4 is 5.32 Å². The normalized spacial score (nSPS) is 12.8. The first kappa shape index (κ1) is 12.6. The Morgan fingerprint density at radius 3 is 2.71 bits per heavy atom. The molecule has 2 aromatic carbocycles. The van der Waals surface area contributed by atoms with Crippen molar-refractivity contribution in [1.29, 1.82) is 0 Å². The van der Waals surface area contributed by atoms with Gasteiger partial charge in [-0.15, -0.1) is 0 Å². The number of halogens is 1. The summed E-state index contributed by atoms with van der Waals surface area (Å²) in [6, 6.07) is 15.5. The van der Waals surface area contributed by atoms with Crippen LogP contribution in [0.2, 0.25) is 0 Å². The van der Waals surface area contributed by atoms with Crippen molar-refractivity contribution in [2.24, 2.45) is 0 Å². The Bertz CT molecular complexity index is 476. The molecule has 1 N–H and O–H groups in total. The fourth-order valence-electron chi connectivity index (χ4n) is 2.12. The van der Waals surface area contributed by atoms with Gasteiger partial charge in [0.1, 0.15) is 0 Å². The summed E-state index contributed by atoms with van der Waals surface area (Å²) in [4.78, 5) is 0. The average Bonchev–Trinajstić information content (AvgIpc) is 2.38. The topological polar surface area (TPSA) is 12.0 Å². The Hall–Kier alpha value is -0.860. The molecule has 0 aliphatic carbocycles. The smallest absolute Gasteiger partial charge is 0.0297 e. The first-order valence-corrected chi connectivity index (χ1v) is 7.22. The van der Waals surface area contributed by atoms with Gasteiger partial charge in [0, 0.05) is 11.4 Å². The standard InChI is InChI=1S/C15H18BrN/c1-12(17-11-5-10-16)14-9-4-7-13-6-2-3-8-15(13)14/h2-4,6-9,12,17H,5,10-11H2,1H3. The Morgan fingerprint density at radius 1 is 1.12 bits per heavy atom. The molecule has 0 fully saturated rings. The molecule has 2 aromatic rings. The van der Waals surface area contributed by atoms with Crippen molar-refractivity contribution in [2.45, 2.75) is 19.4 Å². The molecule has 1 nitrogen and oxygen atoms in total. The van der Waals surface area contributed by atoms with Gasteiger partial charge in [-0.2, -0.15) is 0 Å². The highest BCUT2D eigenvalue weighted by atomic mass is 79.9. The van der Waals surface area contributed by atoms with Gasteiger partial charge in [0.15, 0.2) is 0 Å². The largest absolute Gasteiger partial charge is 0.310 e. The lowest BCUT2D eigenvalue weighted by Crippen LogP contribution is -2.20. The van der Waals surface area contributed by atoms with Crippen LogP contribution in [0.25, 0.3) is 10.8 Å². The van der Waals surface area contributed by atoms with Crippen LogP contribution >= 0.6 is 15.9 Å². The number of alkyl halides is 1. The van der Waals surface area contributed by atoms with Crippen LogP contribution in [0.15, 0.2) is 42.5 Å². The molecular formula is C15H18BrN.